The SMILES string of the molecule is C/C=C(/C)C(=O)O[C@H]1C(C)=C2[C@H]([C@@H]1OC(=O)CCCCC)[C@@](C)(OC(C)=O)C[C@H](OC(=O)CCC)[C@@]1(O)[C@H]2O[C@H]2O[C@]21C. The zero-order valence-corrected chi connectivity index (χ0v) is 26.5. The van der Waals surface area contributed by atoms with Crippen LogP contribution in [0.4, 0.5) is 0 Å². The Labute approximate surface area is 253 Å². The van der Waals surface area contributed by atoms with Gasteiger partial charge < -0.3 is 33.5 Å². The van der Waals surface area contributed by atoms with E-state index in [4.69, 9.17) is 28.4 Å². The van der Waals surface area contributed by atoms with Crippen LogP contribution < -0.4 is 0 Å². The first-order chi connectivity index (χ1) is 20.2. The van der Waals surface area contributed by atoms with Crippen molar-refractivity contribution in [3.63, 3.8) is 0 Å². The molecule has 4 aliphatic rings. The van der Waals surface area contributed by atoms with Gasteiger partial charge in [0.15, 0.2) is 29.7 Å². The van der Waals surface area contributed by atoms with Gasteiger partial charge in [-0.25, -0.2) is 4.79 Å². The largest absolute Gasteiger partial charge is 0.459 e. The lowest BCUT2D eigenvalue weighted by Crippen LogP contribution is -2.60. The van der Waals surface area contributed by atoms with Crippen molar-refractivity contribution >= 4 is 23.9 Å². The molecular weight excluding hydrogens is 560 g/mol. The first kappa shape index (κ1) is 33.1. The predicted octanol–water partition coefficient (Wildman–Crippen LogP) is 3.99. The third-order valence-electron chi connectivity index (χ3n) is 9.41. The van der Waals surface area contributed by atoms with Crippen LogP contribution in [0.1, 0.15) is 100 Å². The first-order valence-corrected chi connectivity index (χ1v) is 15.4. The summed E-state index contributed by atoms with van der Waals surface area (Å²) in [6.07, 6.45) is -0.589. The summed E-state index contributed by atoms with van der Waals surface area (Å²) in [5.74, 6) is -3.14. The van der Waals surface area contributed by atoms with E-state index in [1.165, 1.54) is 6.92 Å². The lowest BCUT2D eigenvalue weighted by molar-refractivity contribution is -0.205. The number of aliphatic hydroxyl groups is 1. The standard InChI is InChI=1S/C32H46O11/c1-9-12-13-15-22(35)39-26-24-23(18(5)25(26)40-28(36)17(4)11-3)27-32(37,31(8)29(41-27)43-31)20(38-21(34)14-10-2)16-30(24,7)42-19(6)33/h11,20,24-27,29,37H,9-10,12-16H2,1-8H3/b17-11-/t20-,24+,25-,26-,27-,29-,30-,31+,32+/m0/s1. The smallest absolute Gasteiger partial charge is 0.334 e. The second kappa shape index (κ2) is 12.3. The minimum Gasteiger partial charge on any atom is -0.459 e. The summed E-state index contributed by atoms with van der Waals surface area (Å²) in [4.78, 5) is 51.8. The maximum Gasteiger partial charge on any atom is 0.334 e. The van der Waals surface area contributed by atoms with Gasteiger partial charge in [0.25, 0.3) is 0 Å². The van der Waals surface area contributed by atoms with E-state index in [-0.39, 0.29) is 19.3 Å². The second-order valence-corrected chi connectivity index (χ2v) is 12.6. The number of unbranched alkanes of at least 4 members (excludes halogenated alkanes) is 2. The summed E-state index contributed by atoms with van der Waals surface area (Å²) in [5.41, 5.74) is -3.26. The number of hydrogen-bond donors (Lipinski definition) is 1. The number of carbonyl (C=O) groups is 4. The van der Waals surface area contributed by atoms with Gasteiger partial charge in [0.05, 0.1) is 5.92 Å². The van der Waals surface area contributed by atoms with Crippen molar-refractivity contribution in [3.05, 3.63) is 22.8 Å². The van der Waals surface area contributed by atoms with Crippen molar-refractivity contribution < 1.29 is 52.7 Å². The van der Waals surface area contributed by atoms with Gasteiger partial charge in [0.2, 0.25) is 0 Å². The molecule has 9 atom stereocenters. The molecule has 11 heteroatoms. The Morgan fingerprint density at radius 2 is 1.67 bits per heavy atom. The molecule has 43 heavy (non-hydrogen) atoms. The molecule has 1 N–H and O–H groups in total. The summed E-state index contributed by atoms with van der Waals surface area (Å²) in [5, 5.41) is 12.5. The molecule has 2 saturated heterocycles. The zero-order chi connectivity index (χ0) is 31.9. The fraction of sp³-hybridized carbons (Fsp3) is 0.750. The number of ether oxygens (including phenoxy) is 6. The fourth-order valence-electron chi connectivity index (χ4n) is 6.95. The molecule has 0 aromatic carbocycles. The van der Waals surface area contributed by atoms with Crippen LogP contribution in [-0.2, 0) is 47.6 Å². The number of hydrogen-bond acceptors (Lipinski definition) is 11. The summed E-state index contributed by atoms with van der Waals surface area (Å²) in [6, 6.07) is 0. The van der Waals surface area contributed by atoms with Crippen LogP contribution in [0.3, 0.4) is 0 Å². The molecular formula is C32H46O11. The highest BCUT2D eigenvalue weighted by Crippen LogP contribution is 2.64. The quantitative estimate of drug-likeness (QED) is 0.0909. The van der Waals surface area contributed by atoms with Crippen LogP contribution in [-0.4, -0.2) is 76.5 Å². The van der Waals surface area contributed by atoms with Crippen LogP contribution in [0, 0.1) is 5.92 Å². The van der Waals surface area contributed by atoms with E-state index in [2.05, 4.69) is 0 Å². The number of rotatable bonds is 11. The molecule has 2 heterocycles. The maximum absolute atomic E-state index is 13.2. The third-order valence-corrected chi connectivity index (χ3v) is 9.41. The van der Waals surface area contributed by atoms with Crippen molar-refractivity contribution in [2.75, 3.05) is 0 Å². The lowest BCUT2D eigenvalue weighted by Gasteiger charge is -2.41. The van der Waals surface area contributed by atoms with Gasteiger partial charge >= 0.3 is 23.9 Å². The predicted molar refractivity (Wildman–Crippen MR) is 152 cm³/mol. The minimum atomic E-state index is -1.89. The van der Waals surface area contributed by atoms with Crippen molar-refractivity contribution in [1.29, 1.82) is 0 Å². The van der Waals surface area contributed by atoms with Crippen LogP contribution in [0.2, 0.25) is 0 Å². The van der Waals surface area contributed by atoms with Crippen molar-refractivity contribution in [2.45, 2.75) is 148 Å². The monoisotopic (exact) mass is 606 g/mol. The molecule has 0 radical (unpaired) electrons. The van der Waals surface area contributed by atoms with Crippen molar-refractivity contribution in [1.82, 2.24) is 0 Å². The first-order valence-electron chi connectivity index (χ1n) is 15.4. The third kappa shape index (κ3) is 5.76. The van der Waals surface area contributed by atoms with Crippen molar-refractivity contribution in [3.8, 4) is 0 Å². The lowest BCUT2D eigenvalue weighted by atomic mass is 9.77. The molecule has 0 amide bonds. The molecule has 240 valence electrons. The van der Waals surface area contributed by atoms with E-state index >= 15 is 0 Å². The highest BCUT2D eigenvalue weighted by molar-refractivity contribution is 5.88. The number of esters is 4. The molecule has 1 saturated carbocycles. The van der Waals surface area contributed by atoms with Gasteiger partial charge in [-0.05, 0) is 58.6 Å². The minimum absolute atomic E-state index is 0.120. The van der Waals surface area contributed by atoms with Crippen LogP contribution >= 0.6 is 0 Å². The zero-order valence-electron chi connectivity index (χ0n) is 26.5. The topological polar surface area (TPSA) is 147 Å². The molecule has 0 unspecified atom stereocenters. The van der Waals surface area contributed by atoms with Gasteiger partial charge in [-0.1, -0.05) is 32.8 Å². The van der Waals surface area contributed by atoms with Gasteiger partial charge in [-0.3, -0.25) is 14.4 Å². The fourth-order valence-corrected chi connectivity index (χ4v) is 6.95. The van der Waals surface area contributed by atoms with E-state index in [1.807, 2.05) is 13.8 Å². The average molecular weight is 607 g/mol. The summed E-state index contributed by atoms with van der Waals surface area (Å²) in [7, 11) is 0. The second-order valence-electron chi connectivity index (χ2n) is 12.6. The average Bonchev–Trinajstić information content (AvgIpc) is 3.47. The highest BCUT2D eigenvalue weighted by Gasteiger charge is 2.82. The molecule has 0 aromatic heterocycles. The number of fused-ring (bicyclic) bond motifs is 5. The Bertz CT molecular complexity index is 1210. The Kier molecular flexibility index (Phi) is 9.50. The maximum atomic E-state index is 13.2. The Hall–Kier alpha value is -2.76. The van der Waals surface area contributed by atoms with Crippen LogP contribution in [0.15, 0.2) is 22.8 Å². The van der Waals surface area contributed by atoms with E-state index in [0.29, 0.717) is 29.6 Å². The van der Waals surface area contributed by atoms with Crippen LogP contribution in [0.5, 0.6) is 0 Å². The molecule has 4 rings (SSSR count). The molecule has 2 aliphatic heterocycles. The van der Waals surface area contributed by atoms with Gasteiger partial charge in [0.1, 0.15) is 17.8 Å². The van der Waals surface area contributed by atoms with E-state index in [0.717, 1.165) is 12.8 Å². The summed E-state index contributed by atoms with van der Waals surface area (Å²) < 4.78 is 36.1. The number of carbonyl (C=O) groups excluding carboxylic acids is 4. The summed E-state index contributed by atoms with van der Waals surface area (Å²) >= 11 is 0. The Morgan fingerprint density at radius 1 is 1.00 bits per heavy atom. The molecule has 11 nitrogen and oxygen atoms in total. The molecule has 2 aliphatic carbocycles. The van der Waals surface area contributed by atoms with E-state index in [9.17, 15) is 24.3 Å². The Morgan fingerprint density at radius 3 is 2.28 bits per heavy atom. The van der Waals surface area contributed by atoms with E-state index < -0.39 is 77.3 Å². The summed E-state index contributed by atoms with van der Waals surface area (Å²) in [6.45, 7) is 13.5. The molecule has 0 spiro atoms. The van der Waals surface area contributed by atoms with Crippen LogP contribution in [0.25, 0.3) is 0 Å². The Balaban J connectivity index is 1.88. The van der Waals surface area contributed by atoms with Gasteiger partial charge in [-0.2, -0.15) is 0 Å². The molecule has 0 aromatic rings. The highest BCUT2D eigenvalue weighted by atomic mass is 16.8. The van der Waals surface area contributed by atoms with Gasteiger partial charge in [-0.15, -0.1) is 0 Å². The normalized spacial score (nSPS) is 37.9. The number of epoxide rings is 1. The number of allylic oxidation sites excluding steroid dienone is 1. The van der Waals surface area contributed by atoms with Crippen molar-refractivity contribution in [2.24, 2.45) is 5.92 Å². The van der Waals surface area contributed by atoms with Gasteiger partial charge in [0, 0.05) is 31.8 Å². The molecule has 3 fully saturated rings. The molecule has 0 bridgehead atoms. The van der Waals surface area contributed by atoms with E-state index in [1.54, 1.807) is 40.7 Å².